The molecule has 6 nitrogen and oxygen atoms in total. The predicted octanol–water partition coefficient (Wildman–Crippen LogP) is 0.679. The van der Waals surface area contributed by atoms with E-state index in [2.05, 4.69) is 16.0 Å². The summed E-state index contributed by atoms with van der Waals surface area (Å²) in [5, 5.41) is 17.6. The van der Waals surface area contributed by atoms with Gasteiger partial charge in [-0.2, -0.15) is 0 Å². The number of hydrogen-bond donors (Lipinski definition) is 4. The minimum absolute atomic E-state index is 0.0907. The molecule has 3 unspecified atom stereocenters. The molecule has 2 rings (SSSR count). The summed E-state index contributed by atoms with van der Waals surface area (Å²) in [7, 11) is 0. The van der Waals surface area contributed by atoms with E-state index in [1.54, 1.807) is 0 Å². The Morgan fingerprint density at radius 3 is 2.72 bits per heavy atom. The summed E-state index contributed by atoms with van der Waals surface area (Å²) in [6.45, 7) is 4.80. The van der Waals surface area contributed by atoms with Gasteiger partial charge in [-0.05, 0) is 12.8 Å². The van der Waals surface area contributed by atoms with E-state index in [1.807, 2.05) is 13.8 Å². The molecule has 2 amide bonds. The maximum absolute atomic E-state index is 11.1. The highest BCUT2D eigenvalue weighted by molar-refractivity contribution is 5.77. The van der Waals surface area contributed by atoms with E-state index in [4.69, 9.17) is 5.11 Å². The molecule has 0 saturated carbocycles. The molecule has 2 aliphatic rings. The number of carboxylic acids is 1. The quantitative estimate of drug-likeness (QED) is 0.545. The van der Waals surface area contributed by atoms with Gasteiger partial charge in [0.2, 0.25) is 0 Å². The van der Waals surface area contributed by atoms with Crippen LogP contribution in [0.15, 0.2) is 0 Å². The molecule has 2 saturated heterocycles. The van der Waals surface area contributed by atoms with Crippen LogP contribution in [0.25, 0.3) is 0 Å². The topological polar surface area (TPSA) is 90.5 Å². The number of fused-ring (bicyclic) bond motifs is 1. The Hall–Kier alpha value is -1.30. The summed E-state index contributed by atoms with van der Waals surface area (Å²) in [6, 6.07) is 0.541. The molecule has 0 spiro atoms. The van der Waals surface area contributed by atoms with E-state index >= 15 is 0 Å². The number of rotatable bonds is 5. The lowest BCUT2D eigenvalue weighted by atomic mass is 10.0. The van der Waals surface area contributed by atoms with Crippen LogP contribution in [0.1, 0.15) is 39.5 Å². The second-order valence-electron chi connectivity index (χ2n) is 4.40. The van der Waals surface area contributed by atoms with Gasteiger partial charge in [-0.3, -0.25) is 4.79 Å². The summed E-state index contributed by atoms with van der Waals surface area (Å²) in [4.78, 5) is 21.4. The molecule has 0 aromatic rings. The Morgan fingerprint density at radius 1 is 1.33 bits per heavy atom. The van der Waals surface area contributed by atoms with Gasteiger partial charge in [0, 0.05) is 19.0 Å². The van der Waals surface area contributed by atoms with Gasteiger partial charge in [0.25, 0.3) is 0 Å². The fourth-order valence-corrected chi connectivity index (χ4v) is 2.44. The van der Waals surface area contributed by atoms with Crippen LogP contribution in [0.2, 0.25) is 0 Å². The first kappa shape index (κ1) is 14.8. The number of unbranched alkanes of at least 4 members (excludes halogenated alkanes) is 1. The molecule has 0 aromatic carbocycles. The maximum Gasteiger partial charge on any atom is 0.315 e. The Balaban J connectivity index is 0.000000771. The number of hydrogen-bond acceptors (Lipinski definition) is 3. The van der Waals surface area contributed by atoms with E-state index in [0.29, 0.717) is 6.42 Å². The van der Waals surface area contributed by atoms with E-state index in [1.165, 1.54) is 0 Å². The highest BCUT2D eigenvalue weighted by atomic mass is 16.4. The summed E-state index contributed by atoms with van der Waals surface area (Å²) in [6.07, 6.45) is 2.72. The molecule has 0 bridgehead atoms. The first-order valence-corrected chi connectivity index (χ1v) is 6.69. The number of carboxylic acid groups (broad SMARTS) is 1. The van der Waals surface area contributed by atoms with Gasteiger partial charge in [0.1, 0.15) is 0 Å². The second-order valence-corrected chi connectivity index (χ2v) is 4.40. The van der Waals surface area contributed by atoms with Gasteiger partial charge in [-0.1, -0.05) is 20.3 Å². The summed E-state index contributed by atoms with van der Waals surface area (Å²) in [5.41, 5.74) is 0. The summed E-state index contributed by atoms with van der Waals surface area (Å²) in [5.74, 6) is -0.743. The lowest BCUT2D eigenvalue weighted by molar-refractivity contribution is -0.137. The van der Waals surface area contributed by atoms with Crippen molar-refractivity contribution >= 4 is 12.0 Å². The number of amides is 2. The Labute approximate surface area is 108 Å². The minimum atomic E-state index is -0.743. The molecule has 6 heteroatoms. The van der Waals surface area contributed by atoms with Crippen molar-refractivity contribution in [3.05, 3.63) is 0 Å². The normalized spacial score (nSPS) is 28.8. The zero-order valence-electron chi connectivity index (χ0n) is 11.0. The minimum Gasteiger partial charge on any atom is -0.481 e. The first-order valence-electron chi connectivity index (χ1n) is 6.69. The van der Waals surface area contributed by atoms with Crippen LogP contribution in [0.3, 0.4) is 0 Å². The Kier molecular flexibility index (Phi) is 5.91. The number of urea groups is 1. The van der Waals surface area contributed by atoms with Crippen molar-refractivity contribution in [2.45, 2.75) is 57.7 Å². The molecular weight excluding hydrogens is 234 g/mol. The van der Waals surface area contributed by atoms with Crippen LogP contribution in [0, 0.1) is 0 Å². The average molecular weight is 257 g/mol. The fourth-order valence-electron chi connectivity index (χ4n) is 2.44. The van der Waals surface area contributed by atoms with Crippen LogP contribution < -0.4 is 16.0 Å². The number of carbonyl (C=O) groups excluding carboxylic acids is 1. The molecule has 0 radical (unpaired) electrons. The predicted molar refractivity (Wildman–Crippen MR) is 68.5 cm³/mol. The van der Waals surface area contributed by atoms with Crippen LogP contribution >= 0.6 is 0 Å². The van der Waals surface area contributed by atoms with Crippen molar-refractivity contribution in [1.29, 1.82) is 0 Å². The molecular formula is C12H23N3O3. The largest absolute Gasteiger partial charge is 0.481 e. The smallest absolute Gasteiger partial charge is 0.315 e. The highest BCUT2D eigenvalue weighted by Crippen LogP contribution is 2.17. The van der Waals surface area contributed by atoms with Gasteiger partial charge in [-0.25, -0.2) is 4.79 Å². The molecule has 4 N–H and O–H groups in total. The van der Waals surface area contributed by atoms with E-state index in [0.717, 1.165) is 19.4 Å². The molecule has 2 fully saturated rings. The highest BCUT2D eigenvalue weighted by Gasteiger charge is 2.41. The summed E-state index contributed by atoms with van der Waals surface area (Å²) >= 11 is 0. The standard InChI is InChI=1S/C10H17N3O3.C2H6/c14-8(15)4-2-1-3-6-9-7(5-11-6)12-10(16)13-9;1-2/h6-7,9,11H,1-5H2,(H,14,15)(H2,12,13,16);1-2H3. The molecule has 0 aliphatic carbocycles. The zero-order valence-corrected chi connectivity index (χ0v) is 11.0. The van der Waals surface area contributed by atoms with Crippen LogP contribution in [-0.4, -0.2) is 41.8 Å². The third-order valence-corrected chi connectivity index (χ3v) is 3.24. The van der Waals surface area contributed by atoms with Crippen LogP contribution in [0.5, 0.6) is 0 Å². The van der Waals surface area contributed by atoms with Crippen molar-refractivity contribution in [2.75, 3.05) is 6.54 Å². The summed E-state index contributed by atoms with van der Waals surface area (Å²) < 4.78 is 0. The molecule has 2 aliphatic heterocycles. The SMILES string of the molecule is CC.O=C(O)CCCCC1NCC2NC(=O)NC12. The van der Waals surface area contributed by atoms with Crippen molar-refractivity contribution in [1.82, 2.24) is 16.0 Å². The molecule has 2 heterocycles. The third kappa shape index (κ3) is 3.87. The zero-order chi connectivity index (χ0) is 13.5. The van der Waals surface area contributed by atoms with Crippen molar-refractivity contribution in [2.24, 2.45) is 0 Å². The van der Waals surface area contributed by atoms with E-state index in [9.17, 15) is 9.59 Å². The Bertz CT molecular complexity index is 296. The molecule has 3 atom stereocenters. The maximum atomic E-state index is 11.1. The van der Waals surface area contributed by atoms with Gasteiger partial charge >= 0.3 is 12.0 Å². The lowest BCUT2D eigenvalue weighted by Gasteiger charge is -2.16. The number of nitrogens with one attached hydrogen (secondary N) is 3. The van der Waals surface area contributed by atoms with Crippen molar-refractivity contribution in [3.8, 4) is 0 Å². The number of aliphatic carboxylic acids is 1. The molecule has 0 aromatic heterocycles. The van der Waals surface area contributed by atoms with Gasteiger partial charge in [0.05, 0.1) is 12.1 Å². The van der Waals surface area contributed by atoms with Gasteiger partial charge in [0.15, 0.2) is 0 Å². The van der Waals surface area contributed by atoms with Crippen LogP contribution in [-0.2, 0) is 4.79 Å². The monoisotopic (exact) mass is 257 g/mol. The average Bonchev–Trinajstić information content (AvgIpc) is 2.87. The molecule has 18 heavy (non-hydrogen) atoms. The third-order valence-electron chi connectivity index (χ3n) is 3.24. The number of carbonyl (C=O) groups is 2. The second kappa shape index (κ2) is 7.20. The van der Waals surface area contributed by atoms with Crippen molar-refractivity contribution < 1.29 is 14.7 Å². The van der Waals surface area contributed by atoms with E-state index < -0.39 is 5.97 Å². The first-order chi connectivity index (χ1) is 8.66. The van der Waals surface area contributed by atoms with Gasteiger partial charge < -0.3 is 21.1 Å². The lowest BCUT2D eigenvalue weighted by Crippen LogP contribution is -2.40. The van der Waals surface area contributed by atoms with Crippen LogP contribution in [0.4, 0.5) is 4.79 Å². The molecule has 104 valence electrons. The van der Waals surface area contributed by atoms with E-state index in [-0.39, 0.29) is 30.6 Å². The fraction of sp³-hybridized carbons (Fsp3) is 0.833. The Morgan fingerprint density at radius 2 is 2.06 bits per heavy atom. The van der Waals surface area contributed by atoms with Gasteiger partial charge in [-0.15, -0.1) is 0 Å². The van der Waals surface area contributed by atoms with Crippen molar-refractivity contribution in [3.63, 3.8) is 0 Å².